The molecule has 0 saturated carbocycles. The van der Waals surface area contributed by atoms with Crippen molar-refractivity contribution in [1.82, 2.24) is 24.4 Å². The van der Waals surface area contributed by atoms with E-state index >= 15 is 0 Å². The summed E-state index contributed by atoms with van der Waals surface area (Å²) in [6, 6.07) is 23.3. The monoisotopic (exact) mass is 626 g/mol. The lowest BCUT2D eigenvalue weighted by Gasteiger charge is -2.19. The van der Waals surface area contributed by atoms with Crippen LogP contribution in [0.2, 0.25) is 0 Å². The van der Waals surface area contributed by atoms with Crippen LogP contribution in [0.5, 0.6) is 0 Å². The molecule has 3 N–H and O–H groups in total. The molecule has 12 nitrogen and oxygen atoms in total. The van der Waals surface area contributed by atoms with Gasteiger partial charge in [0.2, 0.25) is 21.9 Å². The first-order valence-electron chi connectivity index (χ1n) is 12.9. The molecule has 0 aliphatic heterocycles. The van der Waals surface area contributed by atoms with E-state index in [9.17, 15) is 26.4 Å². The van der Waals surface area contributed by atoms with Gasteiger partial charge in [0.15, 0.2) is 0 Å². The zero-order valence-corrected chi connectivity index (χ0v) is 24.0. The zero-order valence-electron chi connectivity index (χ0n) is 23.2. The number of anilines is 6. The Kier molecular flexibility index (Phi) is 8.37. The van der Waals surface area contributed by atoms with Crippen LogP contribution in [0.1, 0.15) is 5.56 Å². The minimum Gasteiger partial charge on any atom is -0.348 e. The predicted molar refractivity (Wildman–Crippen MR) is 158 cm³/mol. The summed E-state index contributed by atoms with van der Waals surface area (Å²) in [6.45, 7) is 0. The van der Waals surface area contributed by atoms with Gasteiger partial charge in [0.25, 0.3) is 0 Å². The smallest absolute Gasteiger partial charge is 0.348 e. The number of nitrogens with one attached hydrogen (secondary N) is 3. The molecule has 0 bridgehead atoms. The van der Waals surface area contributed by atoms with Gasteiger partial charge in [-0.1, -0.05) is 30.3 Å². The van der Waals surface area contributed by atoms with Crippen LogP contribution in [0.15, 0.2) is 85.1 Å². The molecule has 0 unspecified atom stereocenters. The highest BCUT2D eigenvalue weighted by Gasteiger charge is 2.42. The second-order valence-electron chi connectivity index (χ2n) is 9.51. The molecule has 0 fully saturated rings. The van der Waals surface area contributed by atoms with Gasteiger partial charge in [-0.25, -0.2) is 23.2 Å². The van der Waals surface area contributed by atoms with Crippen molar-refractivity contribution in [3.05, 3.63) is 90.6 Å². The number of rotatable bonds is 10. The molecule has 5 aromatic rings. The number of carbonyl (C=O) groups excluding carboxylic acids is 1. The SMILES string of the molecule is CN(c1ccc2c(c1)nc(Nc1ccccc1)n2C)c1ccnc(Nc2ccc(CS(=O)(=O)NOC(=O)C(F)(F)F)cc2)n1. The van der Waals surface area contributed by atoms with Crippen LogP contribution in [-0.4, -0.2) is 47.1 Å². The van der Waals surface area contributed by atoms with Crippen molar-refractivity contribution in [2.24, 2.45) is 7.05 Å². The molecule has 0 saturated heterocycles. The molecule has 0 radical (unpaired) electrons. The van der Waals surface area contributed by atoms with E-state index < -0.39 is 27.9 Å². The molecule has 2 heterocycles. The van der Waals surface area contributed by atoms with E-state index in [4.69, 9.17) is 4.98 Å². The quantitative estimate of drug-likeness (QED) is 0.180. The highest BCUT2D eigenvalue weighted by molar-refractivity contribution is 7.88. The molecule has 3 aromatic carbocycles. The first kappa shape index (κ1) is 30.2. The summed E-state index contributed by atoms with van der Waals surface area (Å²) in [6.07, 6.45) is -3.75. The van der Waals surface area contributed by atoms with Crippen molar-refractivity contribution in [3.63, 3.8) is 0 Å². The summed E-state index contributed by atoms with van der Waals surface area (Å²) in [5.41, 5.74) is 4.25. The predicted octanol–water partition coefficient (Wildman–Crippen LogP) is 5.06. The number of sulfonamides is 1. The Morgan fingerprint density at radius 1 is 0.955 bits per heavy atom. The van der Waals surface area contributed by atoms with Gasteiger partial charge in [0.1, 0.15) is 5.82 Å². The first-order valence-corrected chi connectivity index (χ1v) is 14.5. The van der Waals surface area contributed by atoms with Gasteiger partial charge < -0.3 is 24.9 Å². The Labute approximate surface area is 249 Å². The lowest BCUT2D eigenvalue weighted by atomic mass is 10.2. The Morgan fingerprint density at radius 3 is 2.36 bits per heavy atom. The van der Waals surface area contributed by atoms with Crippen LogP contribution in [-0.2, 0) is 32.5 Å². The molecule has 44 heavy (non-hydrogen) atoms. The molecule has 0 aliphatic rings. The van der Waals surface area contributed by atoms with Gasteiger partial charge >= 0.3 is 12.1 Å². The van der Waals surface area contributed by atoms with Crippen molar-refractivity contribution < 1.29 is 31.2 Å². The number of para-hydroxylation sites is 1. The van der Waals surface area contributed by atoms with Crippen molar-refractivity contribution in [3.8, 4) is 0 Å². The number of aryl methyl sites for hydroxylation is 1. The van der Waals surface area contributed by atoms with Gasteiger partial charge in [-0.15, -0.1) is 0 Å². The summed E-state index contributed by atoms with van der Waals surface area (Å²) in [5, 5.41) is 6.35. The van der Waals surface area contributed by atoms with E-state index in [0.717, 1.165) is 22.4 Å². The highest BCUT2D eigenvalue weighted by atomic mass is 32.2. The number of benzene rings is 3. The third-order valence-corrected chi connectivity index (χ3v) is 7.38. The van der Waals surface area contributed by atoms with Crippen LogP contribution in [0.3, 0.4) is 0 Å². The maximum absolute atomic E-state index is 12.2. The van der Waals surface area contributed by atoms with Crippen molar-refractivity contribution >= 4 is 61.8 Å². The van der Waals surface area contributed by atoms with E-state index in [1.54, 1.807) is 24.4 Å². The highest BCUT2D eigenvalue weighted by Crippen LogP contribution is 2.29. The number of carbonyl (C=O) groups is 1. The molecule has 0 amide bonds. The van der Waals surface area contributed by atoms with Crippen LogP contribution < -0.4 is 20.4 Å². The normalized spacial score (nSPS) is 11.8. The summed E-state index contributed by atoms with van der Waals surface area (Å²) in [4.78, 5) is 31.0. The van der Waals surface area contributed by atoms with Gasteiger partial charge in [0, 0.05) is 37.4 Å². The number of hydrogen-bond acceptors (Lipinski definition) is 10. The summed E-state index contributed by atoms with van der Waals surface area (Å²) < 4.78 is 62.6. The second-order valence-corrected chi connectivity index (χ2v) is 11.2. The Bertz CT molecular complexity index is 1900. The Balaban J connectivity index is 1.25. The number of aromatic nitrogens is 4. The Hall–Kier alpha value is -5.22. The van der Waals surface area contributed by atoms with E-state index in [1.807, 2.05) is 72.1 Å². The van der Waals surface area contributed by atoms with Crippen LogP contribution >= 0.6 is 0 Å². The topological polar surface area (TPSA) is 143 Å². The number of halogens is 3. The van der Waals surface area contributed by atoms with E-state index in [-0.39, 0.29) is 11.5 Å². The van der Waals surface area contributed by atoms with Crippen LogP contribution in [0.4, 0.5) is 47.9 Å². The third-order valence-electron chi connectivity index (χ3n) is 6.33. The summed E-state index contributed by atoms with van der Waals surface area (Å²) in [7, 11) is -0.595. The number of alkyl halides is 3. The number of imidazole rings is 1. The fraction of sp³-hybridized carbons (Fsp3) is 0.143. The minimum atomic E-state index is -5.33. The standard InChI is InChI=1S/C28H25F3N8O4S/c1-38(21-12-13-23-22(16-21)35-27(39(23)2)34-19-6-4-3-5-7-19)24-14-15-32-26(36-24)33-20-10-8-18(9-11-20)17-44(41,42)37-43-25(40)28(29,30)31/h3-16,37H,17H2,1-2H3,(H,34,35)(H,32,33,36). The fourth-order valence-electron chi connectivity index (χ4n) is 4.11. The third kappa shape index (κ3) is 7.22. The molecule has 2 aromatic heterocycles. The maximum Gasteiger partial charge on any atom is 0.492 e. The fourth-order valence-corrected chi connectivity index (χ4v) is 5.00. The van der Waals surface area contributed by atoms with Crippen molar-refractivity contribution in [2.75, 3.05) is 22.6 Å². The molecule has 5 rings (SSSR count). The lowest BCUT2D eigenvalue weighted by Crippen LogP contribution is -2.35. The van der Waals surface area contributed by atoms with Crippen molar-refractivity contribution in [2.45, 2.75) is 11.9 Å². The number of hydrogen-bond donors (Lipinski definition) is 3. The molecular weight excluding hydrogens is 601 g/mol. The van der Waals surface area contributed by atoms with E-state index in [2.05, 4.69) is 25.4 Å². The van der Waals surface area contributed by atoms with Crippen molar-refractivity contribution in [1.29, 1.82) is 0 Å². The molecular formula is C28H25F3N8O4S. The van der Waals surface area contributed by atoms with E-state index in [1.165, 1.54) is 17.0 Å². The molecule has 0 spiro atoms. The van der Waals surface area contributed by atoms with E-state index in [0.29, 0.717) is 17.5 Å². The Morgan fingerprint density at radius 2 is 1.66 bits per heavy atom. The molecule has 228 valence electrons. The maximum atomic E-state index is 12.2. The minimum absolute atomic E-state index is 0.229. The van der Waals surface area contributed by atoms with Gasteiger partial charge in [-0.05, 0) is 59.0 Å². The number of nitrogens with zero attached hydrogens (tertiary/aromatic N) is 5. The van der Waals surface area contributed by atoms with Gasteiger partial charge in [0.05, 0.1) is 16.8 Å². The first-order chi connectivity index (χ1) is 20.9. The number of fused-ring (bicyclic) bond motifs is 1. The summed E-state index contributed by atoms with van der Waals surface area (Å²) >= 11 is 0. The zero-order chi connectivity index (χ0) is 31.5. The lowest BCUT2D eigenvalue weighted by molar-refractivity contribution is -0.203. The molecule has 0 aliphatic carbocycles. The molecule has 0 atom stereocenters. The average Bonchev–Trinajstić information content (AvgIpc) is 3.30. The van der Waals surface area contributed by atoms with Crippen LogP contribution in [0.25, 0.3) is 11.0 Å². The average molecular weight is 627 g/mol. The second kappa shape index (κ2) is 12.2. The molecule has 16 heteroatoms. The van der Waals surface area contributed by atoms with Gasteiger partial charge in [-0.2, -0.15) is 18.2 Å². The van der Waals surface area contributed by atoms with Crippen LogP contribution in [0, 0.1) is 0 Å². The summed E-state index contributed by atoms with van der Waals surface area (Å²) in [5.74, 6) is -1.84. The largest absolute Gasteiger partial charge is 0.492 e. The van der Waals surface area contributed by atoms with Gasteiger partial charge in [-0.3, -0.25) is 0 Å².